The lowest BCUT2D eigenvalue weighted by molar-refractivity contribution is 0.0488. The Kier molecular flexibility index (Phi) is 8.22. The fourth-order valence-electron chi connectivity index (χ4n) is 2.14. The molecule has 0 amide bonds. The molecule has 1 rings (SSSR count). The zero-order valence-corrected chi connectivity index (χ0v) is 14.6. The van der Waals surface area contributed by atoms with E-state index < -0.39 is 5.97 Å². The Morgan fingerprint density at radius 2 is 2.09 bits per heavy atom. The van der Waals surface area contributed by atoms with Crippen molar-refractivity contribution in [2.24, 2.45) is 16.6 Å². The van der Waals surface area contributed by atoms with E-state index in [-0.39, 0.29) is 18.3 Å². The molecule has 0 aliphatic carbocycles. The molecule has 0 spiro atoms. The number of hydrogen-bond donors (Lipinski definition) is 2. The van der Waals surface area contributed by atoms with Crippen molar-refractivity contribution in [2.75, 3.05) is 6.61 Å². The predicted molar refractivity (Wildman–Crippen MR) is 91.3 cm³/mol. The Hall–Kier alpha value is -1.98. The zero-order chi connectivity index (χ0) is 17.2. The van der Waals surface area contributed by atoms with Crippen LogP contribution in [0.5, 0.6) is 0 Å². The van der Waals surface area contributed by atoms with Crippen molar-refractivity contribution in [2.45, 2.75) is 59.5 Å². The number of furan rings is 1. The number of nitrogens with two attached hydrogens (primary N) is 1. The Bertz CT molecular complexity index is 509. The number of esters is 1. The van der Waals surface area contributed by atoms with Gasteiger partial charge in [-0.15, -0.1) is 0 Å². The third-order valence-electron chi connectivity index (χ3n) is 3.36. The maximum atomic E-state index is 11.5. The molecular weight excluding hydrogens is 294 g/mol. The minimum Gasteiger partial charge on any atom is -0.460 e. The van der Waals surface area contributed by atoms with E-state index in [0.29, 0.717) is 18.3 Å². The van der Waals surface area contributed by atoms with Gasteiger partial charge >= 0.3 is 5.97 Å². The number of rotatable bonds is 9. The minimum absolute atomic E-state index is 0.186. The molecule has 0 fully saturated rings. The number of aliphatic imine (C=N–C) groups is 1. The van der Waals surface area contributed by atoms with Gasteiger partial charge in [0.05, 0.1) is 6.61 Å². The number of carbonyl (C=O) groups excluding carboxylic acids is 1. The molecule has 0 aliphatic heterocycles. The van der Waals surface area contributed by atoms with Crippen molar-refractivity contribution in [3.05, 3.63) is 23.7 Å². The summed E-state index contributed by atoms with van der Waals surface area (Å²) >= 11 is 0. The topological polar surface area (TPSA) is 89.8 Å². The molecule has 1 aromatic heterocycles. The summed E-state index contributed by atoms with van der Waals surface area (Å²) in [7, 11) is 0. The van der Waals surface area contributed by atoms with Gasteiger partial charge in [0.1, 0.15) is 12.3 Å². The van der Waals surface area contributed by atoms with Gasteiger partial charge in [0.2, 0.25) is 5.76 Å². The van der Waals surface area contributed by atoms with Gasteiger partial charge in [-0.25, -0.2) is 9.79 Å². The number of ether oxygens (including phenoxy) is 1. The molecule has 0 saturated heterocycles. The normalized spacial score (nSPS) is 13.2. The van der Waals surface area contributed by atoms with E-state index in [1.807, 2.05) is 0 Å². The molecule has 3 N–H and O–H groups in total. The fourth-order valence-corrected chi connectivity index (χ4v) is 2.14. The van der Waals surface area contributed by atoms with E-state index >= 15 is 0 Å². The summed E-state index contributed by atoms with van der Waals surface area (Å²) in [6.07, 6.45) is 3.44. The Balaban J connectivity index is 2.39. The van der Waals surface area contributed by atoms with E-state index in [2.05, 4.69) is 31.1 Å². The van der Waals surface area contributed by atoms with Crippen molar-refractivity contribution in [3.8, 4) is 0 Å². The second-order valence-corrected chi connectivity index (χ2v) is 6.06. The lowest BCUT2D eigenvalue weighted by Gasteiger charge is -2.14. The van der Waals surface area contributed by atoms with Crippen LogP contribution < -0.4 is 11.1 Å². The highest BCUT2D eigenvalue weighted by atomic mass is 16.5. The molecule has 0 bridgehead atoms. The molecule has 1 atom stereocenters. The summed E-state index contributed by atoms with van der Waals surface area (Å²) in [6.45, 7) is 8.90. The largest absolute Gasteiger partial charge is 0.460 e. The third-order valence-corrected chi connectivity index (χ3v) is 3.36. The number of carbonyl (C=O) groups is 1. The van der Waals surface area contributed by atoms with Crippen LogP contribution in [-0.4, -0.2) is 24.6 Å². The number of guanidine groups is 1. The molecule has 1 aromatic rings. The van der Waals surface area contributed by atoms with Gasteiger partial charge < -0.3 is 20.2 Å². The Morgan fingerprint density at radius 1 is 1.35 bits per heavy atom. The van der Waals surface area contributed by atoms with E-state index in [1.54, 1.807) is 19.1 Å². The van der Waals surface area contributed by atoms with Crippen LogP contribution >= 0.6 is 0 Å². The van der Waals surface area contributed by atoms with E-state index in [0.717, 1.165) is 12.3 Å². The first-order valence-corrected chi connectivity index (χ1v) is 8.24. The van der Waals surface area contributed by atoms with Crippen molar-refractivity contribution < 1.29 is 13.9 Å². The summed E-state index contributed by atoms with van der Waals surface area (Å²) in [5, 5.41) is 3.17. The molecule has 1 unspecified atom stereocenters. The average Bonchev–Trinajstić information content (AvgIpc) is 2.94. The molecule has 6 nitrogen and oxygen atoms in total. The quantitative estimate of drug-likeness (QED) is 0.414. The van der Waals surface area contributed by atoms with E-state index in [9.17, 15) is 4.79 Å². The number of hydrogen-bond acceptors (Lipinski definition) is 4. The summed E-state index contributed by atoms with van der Waals surface area (Å²) in [5.41, 5.74) is 5.87. The zero-order valence-electron chi connectivity index (χ0n) is 14.6. The van der Waals surface area contributed by atoms with E-state index in [1.165, 1.54) is 12.8 Å². The van der Waals surface area contributed by atoms with Gasteiger partial charge in [-0.3, -0.25) is 0 Å². The SMILES string of the molecule is CCOC(=O)c1ccc(CN=C(N)NC(C)CCCC(C)C)o1. The molecule has 1 heterocycles. The highest BCUT2D eigenvalue weighted by Crippen LogP contribution is 2.11. The second-order valence-electron chi connectivity index (χ2n) is 6.06. The van der Waals surface area contributed by atoms with Crippen molar-refractivity contribution >= 4 is 11.9 Å². The molecular formula is C17H29N3O3. The van der Waals surface area contributed by atoms with Gasteiger partial charge in [0, 0.05) is 6.04 Å². The van der Waals surface area contributed by atoms with Gasteiger partial charge in [-0.05, 0) is 38.3 Å². The van der Waals surface area contributed by atoms with Crippen molar-refractivity contribution in [1.29, 1.82) is 0 Å². The summed E-state index contributed by atoms with van der Waals surface area (Å²) in [6, 6.07) is 3.57. The summed E-state index contributed by atoms with van der Waals surface area (Å²) in [4.78, 5) is 15.7. The first-order valence-electron chi connectivity index (χ1n) is 8.24. The fraction of sp³-hybridized carbons (Fsp3) is 0.647. The van der Waals surface area contributed by atoms with Crippen LogP contribution in [0.2, 0.25) is 0 Å². The first kappa shape index (κ1) is 19.1. The smallest absolute Gasteiger partial charge is 0.374 e. The first-order chi connectivity index (χ1) is 10.9. The summed E-state index contributed by atoms with van der Waals surface area (Å²) in [5.74, 6) is 1.40. The number of nitrogens with zero attached hydrogens (tertiary/aromatic N) is 1. The summed E-state index contributed by atoms with van der Waals surface area (Å²) < 4.78 is 10.2. The van der Waals surface area contributed by atoms with Gasteiger partial charge in [-0.2, -0.15) is 0 Å². The van der Waals surface area contributed by atoms with Gasteiger partial charge in [-0.1, -0.05) is 26.7 Å². The predicted octanol–water partition coefficient (Wildman–Crippen LogP) is 3.08. The van der Waals surface area contributed by atoms with Crippen LogP contribution in [0.3, 0.4) is 0 Å². The van der Waals surface area contributed by atoms with Gasteiger partial charge in [0.25, 0.3) is 0 Å². The number of nitrogens with one attached hydrogen (secondary N) is 1. The van der Waals surface area contributed by atoms with Crippen LogP contribution in [-0.2, 0) is 11.3 Å². The van der Waals surface area contributed by atoms with Gasteiger partial charge in [0.15, 0.2) is 5.96 Å². The van der Waals surface area contributed by atoms with Crippen LogP contribution in [0.4, 0.5) is 0 Å². The monoisotopic (exact) mass is 323 g/mol. The van der Waals surface area contributed by atoms with Crippen molar-refractivity contribution in [1.82, 2.24) is 5.32 Å². The van der Waals surface area contributed by atoms with Crippen LogP contribution in [0.15, 0.2) is 21.5 Å². The average molecular weight is 323 g/mol. The molecule has 0 aromatic carbocycles. The van der Waals surface area contributed by atoms with Crippen molar-refractivity contribution in [3.63, 3.8) is 0 Å². The maximum absolute atomic E-state index is 11.5. The molecule has 130 valence electrons. The second kappa shape index (κ2) is 9.92. The Labute approximate surface area is 138 Å². The lowest BCUT2D eigenvalue weighted by Crippen LogP contribution is -2.38. The van der Waals surface area contributed by atoms with Crippen LogP contribution in [0.25, 0.3) is 0 Å². The molecule has 0 radical (unpaired) electrons. The van der Waals surface area contributed by atoms with Crippen LogP contribution in [0.1, 0.15) is 63.3 Å². The molecule has 0 saturated carbocycles. The highest BCUT2D eigenvalue weighted by molar-refractivity contribution is 5.86. The third kappa shape index (κ3) is 7.72. The molecule has 6 heteroatoms. The maximum Gasteiger partial charge on any atom is 0.374 e. The molecule has 0 aliphatic rings. The molecule has 23 heavy (non-hydrogen) atoms. The standard InChI is InChI=1S/C17H29N3O3/c1-5-22-16(21)15-10-9-14(23-15)11-19-17(18)20-13(4)8-6-7-12(2)3/h9-10,12-13H,5-8,11H2,1-4H3,(H3,18,19,20). The lowest BCUT2D eigenvalue weighted by atomic mass is 10.0. The Morgan fingerprint density at radius 3 is 2.74 bits per heavy atom. The highest BCUT2D eigenvalue weighted by Gasteiger charge is 2.11. The van der Waals surface area contributed by atoms with Crippen LogP contribution in [0, 0.1) is 5.92 Å². The van der Waals surface area contributed by atoms with E-state index in [4.69, 9.17) is 14.9 Å². The minimum atomic E-state index is -0.465.